The van der Waals surface area contributed by atoms with Crippen molar-refractivity contribution in [3.05, 3.63) is 63.6 Å². The van der Waals surface area contributed by atoms with Crippen LogP contribution in [0.5, 0.6) is 0 Å². The molecule has 0 aromatic heterocycles. The SMILES string of the molecule is Cc1cc(NC(C)c2ccccc2C)ccc1Br. The van der Waals surface area contributed by atoms with E-state index in [1.54, 1.807) is 0 Å². The van der Waals surface area contributed by atoms with Gasteiger partial charge in [-0.3, -0.25) is 0 Å². The number of benzene rings is 2. The van der Waals surface area contributed by atoms with Gasteiger partial charge in [-0.15, -0.1) is 0 Å². The predicted molar refractivity (Wildman–Crippen MR) is 82.1 cm³/mol. The van der Waals surface area contributed by atoms with Crippen molar-refractivity contribution in [1.29, 1.82) is 0 Å². The minimum absolute atomic E-state index is 0.312. The zero-order valence-electron chi connectivity index (χ0n) is 11.0. The zero-order valence-corrected chi connectivity index (χ0v) is 12.6. The van der Waals surface area contributed by atoms with Crippen LogP contribution < -0.4 is 5.32 Å². The summed E-state index contributed by atoms with van der Waals surface area (Å²) in [5.74, 6) is 0. The summed E-state index contributed by atoms with van der Waals surface area (Å²) in [7, 11) is 0. The van der Waals surface area contributed by atoms with Crippen LogP contribution in [0.2, 0.25) is 0 Å². The highest BCUT2D eigenvalue weighted by Gasteiger charge is 2.07. The monoisotopic (exact) mass is 303 g/mol. The van der Waals surface area contributed by atoms with Crippen LogP contribution in [0, 0.1) is 13.8 Å². The summed E-state index contributed by atoms with van der Waals surface area (Å²) in [5.41, 5.74) is 5.08. The summed E-state index contributed by atoms with van der Waals surface area (Å²) in [4.78, 5) is 0. The molecule has 0 bridgehead atoms. The van der Waals surface area contributed by atoms with Crippen molar-refractivity contribution in [2.24, 2.45) is 0 Å². The molecular formula is C16H18BrN. The molecule has 0 saturated carbocycles. The molecule has 0 aliphatic heterocycles. The third-order valence-corrected chi connectivity index (χ3v) is 4.09. The molecule has 1 unspecified atom stereocenters. The first-order valence-corrected chi connectivity index (χ1v) is 6.95. The Morgan fingerprint density at radius 2 is 1.72 bits per heavy atom. The van der Waals surface area contributed by atoms with Crippen LogP contribution in [0.4, 0.5) is 5.69 Å². The highest BCUT2D eigenvalue weighted by Crippen LogP contribution is 2.25. The summed E-state index contributed by atoms with van der Waals surface area (Å²) in [6.45, 7) is 6.45. The first-order valence-electron chi connectivity index (χ1n) is 6.16. The Morgan fingerprint density at radius 3 is 2.39 bits per heavy atom. The highest BCUT2D eigenvalue weighted by atomic mass is 79.9. The molecule has 0 spiro atoms. The zero-order chi connectivity index (χ0) is 13.1. The maximum atomic E-state index is 3.55. The molecule has 2 aromatic carbocycles. The fourth-order valence-corrected chi connectivity index (χ4v) is 2.38. The van der Waals surface area contributed by atoms with Gasteiger partial charge in [0.15, 0.2) is 0 Å². The standard InChI is InChI=1S/C16H18BrN/c1-11-6-4-5-7-15(11)13(3)18-14-8-9-16(17)12(2)10-14/h4-10,13,18H,1-3H3. The molecule has 0 aliphatic rings. The third kappa shape index (κ3) is 2.94. The van der Waals surface area contributed by atoms with Crippen molar-refractivity contribution >= 4 is 21.6 Å². The second-order valence-electron chi connectivity index (χ2n) is 4.69. The smallest absolute Gasteiger partial charge is 0.0488 e. The van der Waals surface area contributed by atoms with Gasteiger partial charge >= 0.3 is 0 Å². The van der Waals surface area contributed by atoms with Crippen LogP contribution in [0.3, 0.4) is 0 Å². The number of hydrogen-bond donors (Lipinski definition) is 1. The average Bonchev–Trinajstić information content (AvgIpc) is 2.34. The fourth-order valence-electron chi connectivity index (χ4n) is 2.13. The lowest BCUT2D eigenvalue weighted by Gasteiger charge is -2.18. The number of anilines is 1. The van der Waals surface area contributed by atoms with Gasteiger partial charge in [-0.1, -0.05) is 40.2 Å². The molecule has 2 rings (SSSR count). The molecule has 0 saturated heterocycles. The summed E-state index contributed by atoms with van der Waals surface area (Å²) in [6.07, 6.45) is 0. The van der Waals surface area contributed by atoms with Crippen LogP contribution in [-0.2, 0) is 0 Å². The second-order valence-corrected chi connectivity index (χ2v) is 5.54. The summed E-state index contributed by atoms with van der Waals surface area (Å²) in [5, 5.41) is 3.55. The van der Waals surface area contributed by atoms with Crippen molar-refractivity contribution in [1.82, 2.24) is 0 Å². The van der Waals surface area contributed by atoms with E-state index in [-0.39, 0.29) is 0 Å². The molecule has 0 aliphatic carbocycles. The Kier molecular flexibility index (Phi) is 4.07. The van der Waals surface area contributed by atoms with Gasteiger partial charge in [-0.05, 0) is 55.7 Å². The number of hydrogen-bond acceptors (Lipinski definition) is 1. The predicted octanol–water partition coefficient (Wildman–Crippen LogP) is 5.24. The quantitative estimate of drug-likeness (QED) is 0.817. The second kappa shape index (κ2) is 5.57. The van der Waals surface area contributed by atoms with E-state index in [0.29, 0.717) is 6.04 Å². The lowest BCUT2D eigenvalue weighted by atomic mass is 10.0. The topological polar surface area (TPSA) is 12.0 Å². The van der Waals surface area contributed by atoms with Gasteiger partial charge in [0, 0.05) is 16.2 Å². The third-order valence-electron chi connectivity index (χ3n) is 3.20. The normalized spacial score (nSPS) is 12.2. The van der Waals surface area contributed by atoms with Crippen LogP contribution in [0.1, 0.15) is 29.7 Å². The van der Waals surface area contributed by atoms with E-state index in [4.69, 9.17) is 0 Å². The largest absolute Gasteiger partial charge is 0.379 e. The molecular weight excluding hydrogens is 286 g/mol. The molecule has 0 fully saturated rings. The first-order chi connectivity index (χ1) is 8.58. The van der Waals surface area contributed by atoms with E-state index in [2.05, 4.69) is 84.5 Å². The van der Waals surface area contributed by atoms with E-state index in [0.717, 1.165) is 10.2 Å². The molecule has 0 heterocycles. The molecule has 1 nitrogen and oxygen atoms in total. The first kappa shape index (κ1) is 13.2. The minimum atomic E-state index is 0.312. The molecule has 94 valence electrons. The molecule has 0 radical (unpaired) electrons. The minimum Gasteiger partial charge on any atom is -0.379 e. The maximum absolute atomic E-state index is 3.55. The van der Waals surface area contributed by atoms with Crippen LogP contribution in [-0.4, -0.2) is 0 Å². The van der Waals surface area contributed by atoms with Crippen molar-refractivity contribution < 1.29 is 0 Å². The Hall–Kier alpha value is -1.28. The molecule has 0 amide bonds. The molecule has 18 heavy (non-hydrogen) atoms. The lowest BCUT2D eigenvalue weighted by Crippen LogP contribution is -2.08. The van der Waals surface area contributed by atoms with Gasteiger partial charge in [0.25, 0.3) is 0 Å². The summed E-state index contributed by atoms with van der Waals surface area (Å²) in [6, 6.07) is 15.2. The number of aryl methyl sites for hydroxylation is 2. The number of nitrogens with one attached hydrogen (secondary N) is 1. The van der Waals surface area contributed by atoms with Crippen LogP contribution in [0.25, 0.3) is 0 Å². The van der Waals surface area contributed by atoms with Crippen LogP contribution >= 0.6 is 15.9 Å². The van der Waals surface area contributed by atoms with Gasteiger partial charge in [0.1, 0.15) is 0 Å². The molecule has 2 heteroatoms. The van der Waals surface area contributed by atoms with E-state index in [1.165, 1.54) is 16.7 Å². The van der Waals surface area contributed by atoms with E-state index in [9.17, 15) is 0 Å². The molecule has 1 atom stereocenters. The Labute approximate surface area is 117 Å². The Balaban J connectivity index is 2.19. The molecule has 1 N–H and O–H groups in total. The van der Waals surface area contributed by atoms with Gasteiger partial charge in [-0.2, -0.15) is 0 Å². The average molecular weight is 304 g/mol. The van der Waals surface area contributed by atoms with Gasteiger partial charge in [0.05, 0.1) is 0 Å². The van der Waals surface area contributed by atoms with Gasteiger partial charge in [0.2, 0.25) is 0 Å². The van der Waals surface area contributed by atoms with Crippen molar-refractivity contribution in [2.45, 2.75) is 26.8 Å². The van der Waals surface area contributed by atoms with E-state index in [1.807, 2.05) is 0 Å². The van der Waals surface area contributed by atoms with Gasteiger partial charge in [-0.25, -0.2) is 0 Å². The van der Waals surface area contributed by atoms with Crippen molar-refractivity contribution in [3.63, 3.8) is 0 Å². The summed E-state index contributed by atoms with van der Waals surface area (Å²) >= 11 is 3.52. The van der Waals surface area contributed by atoms with Crippen LogP contribution in [0.15, 0.2) is 46.9 Å². The number of halogens is 1. The Bertz CT molecular complexity index is 549. The maximum Gasteiger partial charge on any atom is 0.0488 e. The Morgan fingerprint density at radius 1 is 1.00 bits per heavy atom. The lowest BCUT2D eigenvalue weighted by molar-refractivity contribution is 0.874. The molecule has 2 aromatic rings. The van der Waals surface area contributed by atoms with E-state index < -0.39 is 0 Å². The fraction of sp³-hybridized carbons (Fsp3) is 0.250. The number of rotatable bonds is 3. The highest BCUT2D eigenvalue weighted by molar-refractivity contribution is 9.10. The summed E-state index contributed by atoms with van der Waals surface area (Å²) < 4.78 is 1.15. The van der Waals surface area contributed by atoms with Crippen molar-refractivity contribution in [2.75, 3.05) is 5.32 Å². The van der Waals surface area contributed by atoms with Gasteiger partial charge < -0.3 is 5.32 Å². The van der Waals surface area contributed by atoms with Crippen molar-refractivity contribution in [3.8, 4) is 0 Å². The van der Waals surface area contributed by atoms with E-state index >= 15 is 0 Å².